The van der Waals surface area contributed by atoms with Crippen LogP contribution in [0.4, 0.5) is 0 Å². The molecular weight excluding hydrogens is 1010 g/mol. The van der Waals surface area contributed by atoms with Crippen LogP contribution in [0.2, 0.25) is 0 Å². The lowest BCUT2D eigenvalue weighted by Crippen LogP contribution is -2.30. The van der Waals surface area contributed by atoms with Gasteiger partial charge in [0.15, 0.2) is 6.10 Å². The van der Waals surface area contributed by atoms with Gasteiger partial charge >= 0.3 is 17.9 Å². The number of carbonyl (C=O) groups is 3. The second kappa shape index (κ2) is 70.1. The highest BCUT2D eigenvalue weighted by atomic mass is 16.6. The van der Waals surface area contributed by atoms with E-state index in [9.17, 15) is 14.4 Å². The molecular formula is C76H134O6. The lowest BCUT2D eigenvalue weighted by atomic mass is 10.0. The first-order chi connectivity index (χ1) is 40.5. The van der Waals surface area contributed by atoms with E-state index in [-0.39, 0.29) is 31.1 Å². The summed E-state index contributed by atoms with van der Waals surface area (Å²) in [6.07, 6.45) is 93.1. The number of carbonyl (C=O) groups excluding carboxylic acids is 3. The van der Waals surface area contributed by atoms with E-state index >= 15 is 0 Å². The van der Waals surface area contributed by atoms with E-state index in [0.717, 1.165) is 103 Å². The second-order valence-electron chi connectivity index (χ2n) is 23.8. The van der Waals surface area contributed by atoms with Crippen molar-refractivity contribution in [2.45, 2.75) is 367 Å². The van der Waals surface area contributed by atoms with Crippen LogP contribution in [0.25, 0.3) is 0 Å². The smallest absolute Gasteiger partial charge is 0.306 e. The Balaban J connectivity index is 4.36. The van der Waals surface area contributed by atoms with Gasteiger partial charge in [-0.15, -0.1) is 0 Å². The van der Waals surface area contributed by atoms with E-state index in [4.69, 9.17) is 14.2 Å². The largest absolute Gasteiger partial charge is 0.462 e. The first-order valence-corrected chi connectivity index (χ1v) is 35.6. The quantitative estimate of drug-likeness (QED) is 0.0261. The summed E-state index contributed by atoms with van der Waals surface area (Å²) >= 11 is 0. The zero-order valence-corrected chi connectivity index (χ0v) is 54.5. The van der Waals surface area contributed by atoms with Crippen molar-refractivity contribution in [3.05, 3.63) is 85.1 Å². The van der Waals surface area contributed by atoms with E-state index in [1.54, 1.807) is 0 Å². The molecule has 0 spiro atoms. The second-order valence-corrected chi connectivity index (χ2v) is 23.8. The van der Waals surface area contributed by atoms with Gasteiger partial charge in [-0.1, -0.05) is 331 Å². The highest BCUT2D eigenvalue weighted by molar-refractivity contribution is 5.71. The van der Waals surface area contributed by atoms with Gasteiger partial charge in [-0.2, -0.15) is 0 Å². The molecule has 0 fully saturated rings. The molecule has 0 N–H and O–H groups in total. The molecule has 0 radical (unpaired) electrons. The summed E-state index contributed by atoms with van der Waals surface area (Å²) in [6, 6.07) is 0. The molecule has 0 aromatic rings. The normalized spacial score (nSPS) is 12.6. The molecule has 474 valence electrons. The lowest BCUT2D eigenvalue weighted by Gasteiger charge is -2.18. The van der Waals surface area contributed by atoms with Gasteiger partial charge in [-0.25, -0.2) is 0 Å². The number of hydrogen-bond acceptors (Lipinski definition) is 6. The zero-order chi connectivity index (χ0) is 59.2. The van der Waals surface area contributed by atoms with Crippen molar-refractivity contribution < 1.29 is 28.6 Å². The van der Waals surface area contributed by atoms with E-state index in [1.165, 1.54) is 218 Å². The molecule has 0 aromatic carbocycles. The number of rotatable bonds is 65. The summed E-state index contributed by atoms with van der Waals surface area (Å²) < 4.78 is 17.0. The molecule has 0 rings (SSSR count). The molecule has 0 saturated heterocycles. The summed E-state index contributed by atoms with van der Waals surface area (Å²) in [7, 11) is 0. The molecule has 1 unspecified atom stereocenters. The van der Waals surface area contributed by atoms with Crippen molar-refractivity contribution in [3.63, 3.8) is 0 Å². The fourth-order valence-corrected chi connectivity index (χ4v) is 10.3. The maximum Gasteiger partial charge on any atom is 0.306 e. The Labute approximate surface area is 509 Å². The fourth-order valence-electron chi connectivity index (χ4n) is 10.3. The minimum atomic E-state index is -0.782. The SMILES string of the molecule is CC/C=C\C/C=C\C/C=C\C/C=C\C/C=C\CCCCCCCCCCCC(=O)OCC(COC(=O)CCCCCCCCCCC/C=C\C/C=C\CCCCC)OC(=O)CCCCCCCCCCCCCCCCCCCCCC. The van der Waals surface area contributed by atoms with Gasteiger partial charge in [0.25, 0.3) is 0 Å². The van der Waals surface area contributed by atoms with Crippen molar-refractivity contribution >= 4 is 17.9 Å². The summed E-state index contributed by atoms with van der Waals surface area (Å²) in [4.78, 5) is 38.5. The van der Waals surface area contributed by atoms with Crippen LogP contribution in [-0.2, 0) is 28.6 Å². The number of unbranched alkanes of at least 4 members (excludes halogenated alkanes) is 40. The van der Waals surface area contributed by atoms with Crippen molar-refractivity contribution in [3.8, 4) is 0 Å². The Bertz CT molecular complexity index is 1550. The number of allylic oxidation sites excluding steroid dienone is 14. The van der Waals surface area contributed by atoms with Crippen LogP contribution in [0.3, 0.4) is 0 Å². The van der Waals surface area contributed by atoms with Crippen molar-refractivity contribution in [1.29, 1.82) is 0 Å². The lowest BCUT2D eigenvalue weighted by molar-refractivity contribution is -0.167. The molecule has 1 atom stereocenters. The third-order valence-corrected chi connectivity index (χ3v) is 15.6. The standard InChI is InChI=1S/C76H134O6/c1-4-7-10-13-16-19-22-25-28-31-34-36-37-38-39-40-43-45-48-51-54-57-60-63-66-69-75(78)81-72-73(71-80-74(77)68-65-62-59-56-53-50-47-44-41-33-30-27-24-21-18-15-12-9-6-3)82-76(79)70-67-64-61-58-55-52-49-46-42-35-32-29-26-23-20-17-14-11-8-5-2/h7,10,16,18-19,21,25,27-28,30,34,36,38-39,73H,4-6,8-9,11-15,17,20,22-24,26,29,31-33,35,37,40-72H2,1-3H3/b10-7-,19-16-,21-18-,28-25-,30-27-,36-34-,39-38-. The minimum Gasteiger partial charge on any atom is -0.462 e. The molecule has 82 heavy (non-hydrogen) atoms. The molecule has 0 amide bonds. The molecule has 0 aromatic heterocycles. The van der Waals surface area contributed by atoms with Crippen LogP contribution < -0.4 is 0 Å². The Morgan fingerprint density at radius 3 is 0.768 bits per heavy atom. The maximum atomic E-state index is 13.0. The van der Waals surface area contributed by atoms with Gasteiger partial charge in [-0.05, 0) is 96.3 Å². The first-order valence-electron chi connectivity index (χ1n) is 35.6. The molecule has 0 aliphatic rings. The number of hydrogen-bond donors (Lipinski definition) is 0. The van der Waals surface area contributed by atoms with Crippen molar-refractivity contribution in [2.24, 2.45) is 0 Å². The minimum absolute atomic E-state index is 0.0769. The molecule has 0 saturated carbocycles. The van der Waals surface area contributed by atoms with Crippen molar-refractivity contribution in [2.75, 3.05) is 13.2 Å². The fraction of sp³-hybridized carbons (Fsp3) is 0.776. The molecule has 6 heteroatoms. The van der Waals surface area contributed by atoms with Crippen LogP contribution >= 0.6 is 0 Å². The van der Waals surface area contributed by atoms with Gasteiger partial charge in [0.05, 0.1) is 0 Å². The Kier molecular flexibility index (Phi) is 67.2. The monoisotopic (exact) mass is 1140 g/mol. The molecule has 0 aliphatic heterocycles. The molecule has 0 bridgehead atoms. The first kappa shape index (κ1) is 78.6. The Morgan fingerprint density at radius 2 is 0.476 bits per heavy atom. The van der Waals surface area contributed by atoms with Crippen LogP contribution in [-0.4, -0.2) is 37.2 Å². The average molecular weight is 1140 g/mol. The Morgan fingerprint density at radius 1 is 0.256 bits per heavy atom. The van der Waals surface area contributed by atoms with E-state index in [2.05, 4.69) is 106 Å². The van der Waals surface area contributed by atoms with Crippen LogP contribution in [0.5, 0.6) is 0 Å². The average Bonchev–Trinajstić information content (AvgIpc) is 3.47. The van der Waals surface area contributed by atoms with Gasteiger partial charge < -0.3 is 14.2 Å². The van der Waals surface area contributed by atoms with Crippen LogP contribution in [0.15, 0.2) is 85.1 Å². The van der Waals surface area contributed by atoms with Crippen LogP contribution in [0, 0.1) is 0 Å². The van der Waals surface area contributed by atoms with Gasteiger partial charge in [0.1, 0.15) is 13.2 Å². The summed E-state index contributed by atoms with van der Waals surface area (Å²) in [5, 5.41) is 0. The van der Waals surface area contributed by atoms with Crippen LogP contribution in [0.1, 0.15) is 361 Å². The predicted octanol–water partition coefficient (Wildman–Crippen LogP) is 24.6. The zero-order valence-electron chi connectivity index (χ0n) is 54.5. The third-order valence-electron chi connectivity index (χ3n) is 15.6. The maximum absolute atomic E-state index is 13.0. The number of ether oxygens (including phenoxy) is 3. The van der Waals surface area contributed by atoms with Gasteiger partial charge in [0, 0.05) is 19.3 Å². The molecule has 6 nitrogen and oxygen atoms in total. The van der Waals surface area contributed by atoms with Gasteiger partial charge in [0.2, 0.25) is 0 Å². The van der Waals surface area contributed by atoms with E-state index in [1.807, 2.05) is 0 Å². The summed E-state index contributed by atoms with van der Waals surface area (Å²) in [5.74, 6) is -0.865. The topological polar surface area (TPSA) is 78.9 Å². The predicted molar refractivity (Wildman–Crippen MR) is 358 cm³/mol. The highest BCUT2D eigenvalue weighted by Gasteiger charge is 2.19. The van der Waals surface area contributed by atoms with E-state index < -0.39 is 6.10 Å². The Hall–Kier alpha value is -3.41. The summed E-state index contributed by atoms with van der Waals surface area (Å²) in [6.45, 7) is 6.55. The third kappa shape index (κ3) is 67.4. The summed E-state index contributed by atoms with van der Waals surface area (Å²) in [5.41, 5.74) is 0. The number of esters is 3. The highest BCUT2D eigenvalue weighted by Crippen LogP contribution is 2.18. The van der Waals surface area contributed by atoms with E-state index in [0.29, 0.717) is 19.3 Å². The molecule has 0 heterocycles. The van der Waals surface area contributed by atoms with Gasteiger partial charge in [-0.3, -0.25) is 14.4 Å². The van der Waals surface area contributed by atoms with Crippen molar-refractivity contribution in [1.82, 2.24) is 0 Å². The molecule has 0 aliphatic carbocycles.